The van der Waals surface area contributed by atoms with Crippen molar-refractivity contribution < 1.29 is 10.2 Å². The second-order valence-corrected chi connectivity index (χ2v) is 9.02. The number of hydrogen-bond acceptors (Lipinski definition) is 2. The van der Waals surface area contributed by atoms with Crippen LogP contribution in [0.3, 0.4) is 0 Å². The first kappa shape index (κ1) is 21.4. The fourth-order valence-corrected chi connectivity index (χ4v) is 5.34. The van der Waals surface area contributed by atoms with Crippen LogP contribution < -0.4 is 0 Å². The summed E-state index contributed by atoms with van der Waals surface area (Å²) in [7, 11) is 0. The van der Waals surface area contributed by atoms with Gasteiger partial charge in [-0.3, -0.25) is 0 Å². The molecule has 2 unspecified atom stereocenters. The topological polar surface area (TPSA) is 40.5 Å². The number of rotatable bonds is 8. The monoisotopic (exact) mass is 400 g/mol. The fraction of sp³-hybridized carbons (Fsp3) is 0.520. The van der Waals surface area contributed by atoms with E-state index in [9.17, 15) is 10.2 Å². The number of halogens is 1. The second kappa shape index (κ2) is 9.91. The van der Waals surface area contributed by atoms with E-state index in [1.54, 1.807) is 0 Å². The Bertz CT molecular complexity index is 763. The van der Waals surface area contributed by atoms with Crippen molar-refractivity contribution in [3.05, 3.63) is 69.8 Å². The van der Waals surface area contributed by atoms with Crippen molar-refractivity contribution in [2.45, 2.75) is 71.0 Å². The Kier molecular flexibility index (Phi) is 7.56. The van der Waals surface area contributed by atoms with E-state index in [-0.39, 0.29) is 18.6 Å². The molecule has 0 spiro atoms. The lowest BCUT2D eigenvalue weighted by Gasteiger charge is -2.23. The van der Waals surface area contributed by atoms with Gasteiger partial charge in [-0.05, 0) is 97.6 Å². The van der Waals surface area contributed by atoms with Crippen LogP contribution in [0.5, 0.6) is 0 Å². The van der Waals surface area contributed by atoms with Gasteiger partial charge >= 0.3 is 0 Å². The van der Waals surface area contributed by atoms with Gasteiger partial charge in [0, 0.05) is 5.38 Å². The Morgan fingerprint density at radius 1 is 0.929 bits per heavy atom. The quantitative estimate of drug-likeness (QED) is 0.575. The number of benzene rings is 2. The SMILES string of the molecule is Cc1cc(CC2C(Cl)CC[C@@H]2CCCc2cccc(CO)c2)cc(C)c1CO. The molecule has 2 nitrogen and oxygen atoms in total. The first-order valence-corrected chi connectivity index (χ1v) is 11.0. The number of aliphatic hydroxyl groups is 2. The molecule has 0 bridgehead atoms. The van der Waals surface area contributed by atoms with Crippen LogP contribution in [0, 0.1) is 25.7 Å². The van der Waals surface area contributed by atoms with Gasteiger partial charge in [0.05, 0.1) is 13.2 Å². The predicted molar refractivity (Wildman–Crippen MR) is 117 cm³/mol. The second-order valence-electron chi connectivity index (χ2n) is 8.46. The number of hydrogen-bond donors (Lipinski definition) is 2. The Hall–Kier alpha value is -1.35. The molecule has 0 amide bonds. The summed E-state index contributed by atoms with van der Waals surface area (Å²) < 4.78 is 0. The molecular weight excluding hydrogens is 368 g/mol. The summed E-state index contributed by atoms with van der Waals surface area (Å²) in [6.45, 7) is 4.40. The van der Waals surface area contributed by atoms with Gasteiger partial charge in [-0.1, -0.05) is 36.4 Å². The van der Waals surface area contributed by atoms with Crippen LogP contribution in [0.25, 0.3) is 0 Å². The van der Waals surface area contributed by atoms with Gasteiger partial charge in [-0.25, -0.2) is 0 Å². The highest BCUT2D eigenvalue weighted by atomic mass is 35.5. The molecule has 0 saturated heterocycles. The van der Waals surface area contributed by atoms with E-state index in [4.69, 9.17) is 11.6 Å². The summed E-state index contributed by atoms with van der Waals surface area (Å²) in [4.78, 5) is 0. The van der Waals surface area contributed by atoms with Gasteiger partial charge in [-0.2, -0.15) is 0 Å². The molecule has 1 saturated carbocycles. The van der Waals surface area contributed by atoms with Gasteiger partial charge in [0.1, 0.15) is 0 Å². The van der Waals surface area contributed by atoms with Crippen LogP contribution in [0.4, 0.5) is 0 Å². The van der Waals surface area contributed by atoms with Crippen molar-refractivity contribution in [3.8, 4) is 0 Å². The van der Waals surface area contributed by atoms with Crippen molar-refractivity contribution in [1.29, 1.82) is 0 Å². The van der Waals surface area contributed by atoms with Crippen LogP contribution in [0.15, 0.2) is 36.4 Å². The van der Waals surface area contributed by atoms with Crippen molar-refractivity contribution in [1.82, 2.24) is 0 Å². The van der Waals surface area contributed by atoms with Crippen LogP contribution in [-0.4, -0.2) is 15.6 Å². The van der Waals surface area contributed by atoms with Crippen molar-refractivity contribution in [2.75, 3.05) is 0 Å². The molecule has 2 N–H and O–H groups in total. The molecule has 152 valence electrons. The minimum atomic E-state index is 0.111. The molecule has 0 aromatic heterocycles. The van der Waals surface area contributed by atoms with Gasteiger partial charge in [0.25, 0.3) is 0 Å². The summed E-state index contributed by atoms with van der Waals surface area (Å²) in [5.41, 5.74) is 7.08. The Balaban J connectivity index is 1.61. The third-order valence-electron chi connectivity index (χ3n) is 6.48. The number of aryl methyl sites for hydroxylation is 3. The zero-order valence-electron chi connectivity index (χ0n) is 17.1. The maximum absolute atomic E-state index is 9.55. The molecule has 28 heavy (non-hydrogen) atoms. The molecule has 1 aliphatic rings. The van der Waals surface area contributed by atoms with E-state index in [0.29, 0.717) is 11.8 Å². The Morgan fingerprint density at radius 2 is 1.64 bits per heavy atom. The van der Waals surface area contributed by atoms with E-state index < -0.39 is 0 Å². The van der Waals surface area contributed by atoms with E-state index in [0.717, 1.165) is 30.4 Å². The normalized spacial score (nSPS) is 22.0. The van der Waals surface area contributed by atoms with Crippen molar-refractivity contribution in [3.63, 3.8) is 0 Å². The number of alkyl halides is 1. The molecule has 3 atom stereocenters. The van der Waals surface area contributed by atoms with Gasteiger partial charge in [0.2, 0.25) is 0 Å². The van der Waals surface area contributed by atoms with Crippen molar-refractivity contribution >= 4 is 11.6 Å². The van der Waals surface area contributed by atoms with E-state index in [1.807, 2.05) is 12.1 Å². The third kappa shape index (κ3) is 5.17. The molecule has 1 fully saturated rings. The smallest absolute Gasteiger partial charge is 0.0686 e. The predicted octanol–water partition coefficient (Wildman–Crippen LogP) is 5.49. The summed E-state index contributed by atoms with van der Waals surface area (Å²) in [6, 6.07) is 12.7. The first-order chi connectivity index (χ1) is 13.5. The lowest BCUT2D eigenvalue weighted by Crippen LogP contribution is -2.18. The largest absolute Gasteiger partial charge is 0.392 e. The summed E-state index contributed by atoms with van der Waals surface area (Å²) in [6.07, 6.45) is 6.82. The summed E-state index contributed by atoms with van der Waals surface area (Å²) in [5.74, 6) is 1.21. The molecule has 0 aliphatic heterocycles. The fourth-order valence-electron chi connectivity index (χ4n) is 4.92. The zero-order valence-corrected chi connectivity index (χ0v) is 17.9. The molecule has 3 rings (SSSR count). The molecule has 3 heteroatoms. The average Bonchev–Trinajstić information content (AvgIpc) is 3.01. The standard InChI is InChI=1S/C25H33ClO2/c1-17-11-21(12-18(2)24(17)16-28)14-23-22(9-10-25(23)26)8-4-6-19-5-3-7-20(13-19)15-27/h3,5,7,11-13,22-23,25,27-28H,4,6,8-10,14-16H2,1-2H3/t22-,23?,25?/m0/s1. The minimum absolute atomic E-state index is 0.111. The molecule has 1 aliphatic carbocycles. The van der Waals surface area contributed by atoms with E-state index >= 15 is 0 Å². The van der Waals surface area contributed by atoms with Crippen LogP contribution in [0.1, 0.15) is 59.1 Å². The highest BCUT2D eigenvalue weighted by molar-refractivity contribution is 6.21. The average molecular weight is 401 g/mol. The Labute approximate surface area is 174 Å². The summed E-state index contributed by atoms with van der Waals surface area (Å²) in [5, 5.41) is 19.1. The first-order valence-electron chi connectivity index (χ1n) is 10.5. The van der Waals surface area contributed by atoms with Crippen molar-refractivity contribution in [2.24, 2.45) is 11.8 Å². The molecule has 2 aromatic carbocycles. The maximum Gasteiger partial charge on any atom is 0.0686 e. The van der Waals surface area contributed by atoms with Gasteiger partial charge < -0.3 is 10.2 Å². The minimum Gasteiger partial charge on any atom is -0.392 e. The van der Waals surface area contributed by atoms with E-state index in [2.05, 4.69) is 38.1 Å². The molecule has 0 heterocycles. The maximum atomic E-state index is 9.55. The van der Waals surface area contributed by atoms with Gasteiger partial charge in [-0.15, -0.1) is 11.6 Å². The highest BCUT2D eigenvalue weighted by Gasteiger charge is 2.34. The summed E-state index contributed by atoms with van der Waals surface area (Å²) >= 11 is 6.73. The van der Waals surface area contributed by atoms with Crippen LogP contribution in [-0.2, 0) is 26.1 Å². The lowest BCUT2D eigenvalue weighted by atomic mass is 9.84. The third-order valence-corrected chi connectivity index (χ3v) is 7.02. The van der Waals surface area contributed by atoms with E-state index in [1.165, 1.54) is 41.5 Å². The van der Waals surface area contributed by atoms with Gasteiger partial charge in [0.15, 0.2) is 0 Å². The molecule has 2 aromatic rings. The van der Waals surface area contributed by atoms with Crippen LogP contribution in [0.2, 0.25) is 0 Å². The molecule has 0 radical (unpaired) electrons. The Morgan fingerprint density at radius 3 is 2.32 bits per heavy atom. The number of aliphatic hydroxyl groups excluding tert-OH is 2. The zero-order chi connectivity index (χ0) is 20.1. The lowest BCUT2D eigenvalue weighted by molar-refractivity contribution is 0.280. The highest BCUT2D eigenvalue weighted by Crippen LogP contribution is 2.41. The molecular formula is C25H33ClO2. The van der Waals surface area contributed by atoms with Crippen LogP contribution >= 0.6 is 11.6 Å².